The van der Waals surface area contributed by atoms with Gasteiger partial charge in [0.05, 0.1) is 24.3 Å². The van der Waals surface area contributed by atoms with Gasteiger partial charge >= 0.3 is 16.1 Å². The number of nitrogens with two attached hydrogens (primary N) is 2. The van der Waals surface area contributed by atoms with E-state index in [-0.39, 0.29) is 29.7 Å². The van der Waals surface area contributed by atoms with Gasteiger partial charge in [-0.1, -0.05) is 12.1 Å². The van der Waals surface area contributed by atoms with Crippen molar-refractivity contribution in [2.45, 2.75) is 42.8 Å². The lowest BCUT2D eigenvalue weighted by Gasteiger charge is -2.13. The number of hydrogen-bond acceptors (Lipinski definition) is 10. The van der Waals surface area contributed by atoms with Crippen LogP contribution in [0.4, 0.5) is 0 Å². The minimum absolute atomic E-state index is 0.0155. The largest absolute Gasteiger partial charge is 0.384 e. The van der Waals surface area contributed by atoms with Crippen LogP contribution in [0.5, 0.6) is 0 Å². The molecule has 2 aromatic rings. The molecule has 7 N–H and O–H groups in total. The van der Waals surface area contributed by atoms with Crippen LogP contribution < -0.4 is 22.3 Å². The maximum Gasteiger partial charge on any atom is 0.341 e. The number of benzene rings is 1. The first kappa shape index (κ1) is 25.2. The number of nitrogens with zero attached hydrogens (tertiary/aromatic N) is 1. The summed E-state index contributed by atoms with van der Waals surface area (Å²) in [7, 11) is -4.32. The van der Waals surface area contributed by atoms with Crippen LogP contribution in [0.25, 0.3) is 0 Å². The number of amidine groups is 1. The average molecular weight is 491 g/mol. The van der Waals surface area contributed by atoms with Crippen molar-refractivity contribution in [2.75, 3.05) is 6.54 Å². The molecule has 1 aliphatic rings. The van der Waals surface area contributed by atoms with Crippen molar-refractivity contribution in [1.29, 1.82) is 5.41 Å². The van der Waals surface area contributed by atoms with Crippen molar-refractivity contribution in [3.63, 3.8) is 0 Å². The van der Waals surface area contributed by atoms with Crippen molar-refractivity contribution in [2.24, 2.45) is 11.5 Å². The lowest BCUT2D eigenvalue weighted by Crippen LogP contribution is -2.44. The second-order valence-electron chi connectivity index (χ2n) is 7.82. The minimum Gasteiger partial charge on any atom is -0.384 e. The number of carbonyl (C=O) groups excluding carboxylic acids is 2. The Morgan fingerprint density at radius 1 is 1.35 bits per heavy atom. The summed E-state index contributed by atoms with van der Waals surface area (Å²) < 4.78 is 29.1. The molecular formula is C21H26N6O6S. The van der Waals surface area contributed by atoms with Crippen LogP contribution in [0.2, 0.25) is 0 Å². The zero-order chi connectivity index (χ0) is 24.9. The number of rotatable bonds is 9. The Bertz CT molecular complexity index is 1170. The van der Waals surface area contributed by atoms with Gasteiger partial charge in [-0.2, -0.15) is 13.9 Å². The van der Waals surface area contributed by atoms with E-state index in [9.17, 15) is 18.0 Å². The van der Waals surface area contributed by atoms with Gasteiger partial charge in [0.25, 0.3) is 0 Å². The summed E-state index contributed by atoms with van der Waals surface area (Å²) in [4.78, 5) is 33.8. The van der Waals surface area contributed by atoms with Crippen LogP contribution in [-0.2, 0) is 28.7 Å². The average Bonchev–Trinajstić information content (AvgIpc) is 3.25. The SMILES string of the molecule is Cc1cccc(S(=O)(=O)OC(=O)C(N)CNC(=O)C[C@@H]2CC(c3ccc(C(=N)N)cn3)NO2)c1. The molecule has 1 fully saturated rings. The molecule has 1 aliphatic heterocycles. The molecule has 0 aliphatic carbocycles. The van der Waals surface area contributed by atoms with Crippen LogP contribution in [0, 0.1) is 12.3 Å². The molecule has 2 heterocycles. The second-order valence-corrected chi connectivity index (χ2v) is 9.37. The predicted molar refractivity (Wildman–Crippen MR) is 121 cm³/mol. The van der Waals surface area contributed by atoms with E-state index in [0.29, 0.717) is 23.2 Å². The third-order valence-corrected chi connectivity index (χ3v) is 6.25. The Balaban J connectivity index is 1.44. The molecule has 1 amide bonds. The van der Waals surface area contributed by atoms with E-state index in [2.05, 4.69) is 20.0 Å². The van der Waals surface area contributed by atoms with Gasteiger partial charge in [0.1, 0.15) is 16.8 Å². The topological polar surface area (TPSA) is 200 Å². The van der Waals surface area contributed by atoms with Gasteiger partial charge in [-0.15, -0.1) is 0 Å². The Morgan fingerprint density at radius 2 is 2.12 bits per heavy atom. The van der Waals surface area contributed by atoms with E-state index in [1.807, 2.05) is 0 Å². The highest BCUT2D eigenvalue weighted by Crippen LogP contribution is 2.25. The zero-order valence-corrected chi connectivity index (χ0v) is 19.2. The molecular weight excluding hydrogens is 464 g/mol. The summed E-state index contributed by atoms with van der Waals surface area (Å²) in [6.07, 6.45) is 1.48. The standard InChI is InChI=1S/C21H26N6O6S/c1-12-3-2-4-15(7-12)34(30,31)33-21(29)16(22)11-26-19(28)9-14-8-18(27-32-14)17-6-5-13(10-25-17)20(23)24/h2-7,10,14,16,18,27H,8-9,11,22H2,1H3,(H3,23,24)(H,26,28)/t14-,16?,18?/m0/s1. The van der Waals surface area contributed by atoms with Crippen molar-refractivity contribution >= 4 is 27.8 Å². The molecule has 182 valence electrons. The number of aromatic nitrogens is 1. The van der Waals surface area contributed by atoms with Crippen molar-refractivity contribution in [3.8, 4) is 0 Å². The van der Waals surface area contributed by atoms with Gasteiger partial charge in [-0.25, -0.2) is 4.79 Å². The number of hydrogen-bond donors (Lipinski definition) is 5. The number of nitrogens with one attached hydrogen (secondary N) is 3. The van der Waals surface area contributed by atoms with E-state index in [0.717, 1.165) is 0 Å². The number of aryl methyl sites for hydroxylation is 1. The summed E-state index contributed by atoms with van der Waals surface area (Å²) >= 11 is 0. The second kappa shape index (κ2) is 10.7. The van der Waals surface area contributed by atoms with Crippen LogP contribution in [0.1, 0.15) is 35.7 Å². The maximum atomic E-state index is 12.2. The zero-order valence-electron chi connectivity index (χ0n) is 18.4. The molecule has 13 heteroatoms. The molecule has 2 unspecified atom stereocenters. The lowest BCUT2D eigenvalue weighted by molar-refractivity contribution is -0.135. The Morgan fingerprint density at radius 3 is 2.76 bits per heavy atom. The monoisotopic (exact) mass is 490 g/mol. The molecule has 0 saturated carbocycles. The molecule has 0 spiro atoms. The summed E-state index contributed by atoms with van der Waals surface area (Å²) in [6, 6.07) is 7.67. The summed E-state index contributed by atoms with van der Waals surface area (Å²) in [5.41, 5.74) is 15.8. The molecule has 3 rings (SSSR count). The van der Waals surface area contributed by atoms with E-state index in [1.54, 1.807) is 25.1 Å². The quantitative estimate of drug-likeness (QED) is 0.178. The summed E-state index contributed by atoms with van der Waals surface area (Å²) in [6.45, 7) is 1.40. The molecule has 0 radical (unpaired) electrons. The molecule has 3 atom stereocenters. The highest BCUT2D eigenvalue weighted by atomic mass is 32.2. The van der Waals surface area contributed by atoms with Crippen LogP contribution in [0.3, 0.4) is 0 Å². The number of amides is 1. The molecule has 1 aromatic carbocycles. The van der Waals surface area contributed by atoms with Gasteiger partial charge in [0.15, 0.2) is 0 Å². The normalized spacial score (nSPS) is 18.8. The highest BCUT2D eigenvalue weighted by molar-refractivity contribution is 7.87. The van der Waals surface area contributed by atoms with Gasteiger partial charge < -0.3 is 21.0 Å². The number of hydroxylamine groups is 1. The number of carbonyl (C=O) groups is 2. The molecule has 12 nitrogen and oxygen atoms in total. The highest BCUT2D eigenvalue weighted by Gasteiger charge is 2.30. The third-order valence-electron chi connectivity index (χ3n) is 5.03. The van der Waals surface area contributed by atoms with E-state index < -0.39 is 34.1 Å². The van der Waals surface area contributed by atoms with Crippen LogP contribution in [-0.4, -0.2) is 49.8 Å². The van der Waals surface area contributed by atoms with Gasteiger partial charge in [-0.05, 0) is 43.2 Å². The molecule has 1 aromatic heterocycles. The molecule has 0 bridgehead atoms. The van der Waals surface area contributed by atoms with Gasteiger partial charge in [0.2, 0.25) is 5.91 Å². The third kappa shape index (κ3) is 6.57. The van der Waals surface area contributed by atoms with Crippen molar-refractivity contribution in [3.05, 3.63) is 59.4 Å². The van der Waals surface area contributed by atoms with E-state index in [4.69, 9.17) is 21.7 Å². The fraction of sp³-hybridized carbons (Fsp3) is 0.333. The molecule has 1 saturated heterocycles. The van der Waals surface area contributed by atoms with Gasteiger partial charge in [0, 0.05) is 18.3 Å². The fourth-order valence-electron chi connectivity index (χ4n) is 3.19. The van der Waals surface area contributed by atoms with Gasteiger partial charge in [-0.3, -0.25) is 20.0 Å². The minimum atomic E-state index is -4.32. The Labute approximate surface area is 196 Å². The first-order chi connectivity index (χ1) is 16.0. The fourth-order valence-corrected chi connectivity index (χ4v) is 4.20. The summed E-state index contributed by atoms with van der Waals surface area (Å²) in [5.74, 6) is -1.70. The van der Waals surface area contributed by atoms with Crippen LogP contribution >= 0.6 is 0 Å². The smallest absolute Gasteiger partial charge is 0.341 e. The first-order valence-corrected chi connectivity index (χ1v) is 11.7. The predicted octanol–water partition coefficient (Wildman–Crippen LogP) is -0.226. The Kier molecular flexibility index (Phi) is 7.94. The van der Waals surface area contributed by atoms with E-state index in [1.165, 1.54) is 24.4 Å². The first-order valence-electron chi connectivity index (χ1n) is 10.3. The van der Waals surface area contributed by atoms with Crippen molar-refractivity contribution < 1.29 is 27.0 Å². The maximum absolute atomic E-state index is 12.2. The van der Waals surface area contributed by atoms with E-state index >= 15 is 0 Å². The van der Waals surface area contributed by atoms with Crippen LogP contribution in [0.15, 0.2) is 47.5 Å². The molecule has 34 heavy (non-hydrogen) atoms. The lowest BCUT2D eigenvalue weighted by atomic mass is 10.0. The summed E-state index contributed by atoms with van der Waals surface area (Å²) in [5, 5.41) is 9.87. The number of pyridine rings is 1. The number of nitrogen functional groups attached to an aromatic ring is 1. The Hall–Kier alpha value is -3.39. The van der Waals surface area contributed by atoms with Crippen molar-refractivity contribution in [1.82, 2.24) is 15.8 Å².